The summed E-state index contributed by atoms with van der Waals surface area (Å²) in [5.74, 6) is 0. The Morgan fingerprint density at radius 3 is 1.81 bits per heavy atom. The van der Waals surface area contributed by atoms with Crippen LogP contribution in [0.4, 0.5) is 0 Å². The molecule has 0 saturated carbocycles. The third-order valence-corrected chi connectivity index (χ3v) is 9.78. The molecule has 9 rings (SSSR count). The van der Waals surface area contributed by atoms with E-state index in [1.807, 2.05) is 11.3 Å². The van der Waals surface area contributed by atoms with Crippen LogP contribution in [0, 0.1) is 0 Å². The van der Waals surface area contributed by atoms with Crippen molar-refractivity contribution in [2.45, 2.75) is 0 Å². The molecular weight excluding hydrogens is 541 g/mol. The van der Waals surface area contributed by atoms with E-state index < -0.39 is 0 Å². The van der Waals surface area contributed by atoms with Gasteiger partial charge in [0, 0.05) is 36.5 Å². The van der Waals surface area contributed by atoms with Gasteiger partial charge in [-0.15, -0.1) is 11.3 Å². The zero-order valence-electron chi connectivity index (χ0n) is 23.2. The van der Waals surface area contributed by atoms with E-state index in [0.29, 0.717) is 0 Å². The lowest BCUT2D eigenvalue weighted by atomic mass is 9.93. The van der Waals surface area contributed by atoms with Crippen LogP contribution in [-0.2, 0) is 0 Å². The third kappa shape index (κ3) is 3.79. The predicted molar refractivity (Wildman–Crippen MR) is 184 cm³/mol. The zero-order valence-corrected chi connectivity index (χ0v) is 24.0. The van der Waals surface area contributed by atoms with Gasteiger partial charge in [0.15, 0.2) is 0 Å². The molecule has 0 amide bonds. The van der Waals surface area contributed by atoms with E-state index in [2.05, 4.69) is 140 Å². The van der Waals surface area contributed by atoms with Crippen LogP contribution in [0.3, 0.4) is 0 Å². The Kier molecular flexibility index (Phi) is 5.40. The number of fused-ring (bicyclic) bond motifs is 9. The van der Waals surface area contributed by atoms with Gasteiger partial charge in [-0.2, -0.15) is 0 Å². The summed E-state index contributed by atoms with van der Waals surface area (Å²) in [6, 6.07) is 50.2. The first-order valence-electron chi connectivity index (χ1n) is 14.5. The second-order valence-electron chi connectivity index (χ2n) is 11.0. The quantitative estimate of drug-likeness (QED) is 0.199. The zero-order chi connectivity index (χ0) is 28.3. The van der Waals surface area contributed by atoms with Gasteiger partial charge in [0.2, 0.25) is 0 Å². The largest absolute Gasteiger partial charge is 0.236 e. The summed E-state index contributed by atoms with van der Waals surface area (Å²) in [6.45, 7) is 0. The Morgan fingerprint density at radius 1 is 0.419 bits per heavy atom. The van der Waals surface area contributed by atoms with Gasteiger partial charge in [-0.25, -0.2) is 9.97 Å². The topological polar surface area (TPSA) is 25.8 Å². The Balaban J connectivity index is 1.22. The standard InChI is InChI=1S/C40H24N2S/c1-3-17-33-30(14-1)31-15-2-4-18-34(31)39-37(33)38(41-24-42-39)28-13-8-11-26(23-28)25-10-7-12-27(22-25)29-19-9-20-35-32-16-5-6-21-36(32)43-40(29)35/h1-24H. The maximum absolute atomic E-state index is 4.88. The highest BCUT2D eigenvalue weighted by molar-refractivity contribution is 7.26. The van der Waals surface area contributed by atoms with Crippen LogP contribution in [0.5, 0.6) is 0 Å². The first-order valence-corrected chi connectivity index (χ1v) is 15.3. The van der Waals surface area contributed by atoms with Crippen LogP contribution in [0.15, 0.2) is 146 Å². The minimum absolute atomic E-state index is 0.958. The lowest BCUT2D eigenvalue weighted by Crippen LogP contribution is -1.93. The predicted octanol–water partition coefficient (Wildman–Crippen LogP) is 11.3. The van der Waals surface area contributed by atoms with Crippen LogP contribution < -0.4 is 0 Å². The normalized spacial score (nSPS) is 11.7. The highest BCUT2D eigenvalue weighted by Gasteiger charge is 2.16. The number of nitrogens with zero attached hydrogens (tertiary/aromatic N) is 2. The number of aromatic nitrogens is 2. The van der Waals surface area contributed by atoms with Crippen molar-refractivity contribution >= 4 is 64.0 Å². The maximum Gasteiger partial charge on any atom is 0.116 e. The third-order valence-electron chi connectivity index (χ3n) is 8.56. The van der Waals surface area contributed by atoms with Crippen molar-refractivity contribution in [3.63, 3.8) is 0 Å². The van der Waals surface area contributed by atoms with Crippen molar-refractivity contribution in [3.05, 3.63) is 146 Å². The molecular formula is C40H24N2S. The van der Waals surface area contributed by atoms with Crippen molar-refractivity contribution in [1.82, 2.24) is 9.97 Å². The molecule has 7 aromatic carbocycles. The Morgan fingerprint density at radius 2 is 1.00 bits per heavy atom. The van der Waals surface area contributed by atoms with Gasteiger partial charge in [-0.05, 0) is 56.6 Å². The molecule has 0 fully saturated rings. The van der Waals surface area contributed by atoms with Gasteiger partial charge in [-0.1, -0.05) is 121 Å². The highest BCUT2D eigenvalue weighted by atomic mass is 32.1. The molecule has 0 saturated heterocycles. The Hall–Kier alpha value is -5.38. The molecule has 9 aromatic rings. The van der Waals surface area contributed by atoms with Crippen LogP contribution in [0.2, 0.25) is 0 Å². The van der Waals surface area contributed by atoms with Crippen LogP contribution in [0.1, 0.15) is 0 Å². The minimum atomic E-state index is 0.958. The lowest BCUT2D eigenvalue weighted by molar-refractivity contribution is 1.23. The second-order valence-corrected chi connectivity index (χ2v) is 12.0. The fourth-order valence-corrected chi connectivity index (χ4v) is 7.85. The average Bonchev–Trinajstić information content (AvgIpc) is 3.47. The monoisotopic (exact) mass is 564 g/mol. The molecule has 0 aliphatic carbocycles. The van der Waals surface area contributed by atoms with Crippen LogP contribution in [-0.4, -0.2) is 9.97 Å². The van der Waals surface area contributed by atoms with Crippen molar-refractivity contribution in [1.29, 1.82) is 0 Å². The summed E-state index contributed by atoms with van der Waals surface area (Å²) in [5, 5.41) is 8.51. The molecule has 2 aromatic heterocycles. The lowest BCUT2D eigenvalue weighted by Gasteiger charge is -2.13. The molecule has 0 spiro atoms. The second kappa shape index (κ2) is 9.59. The average molecular weight is 565 g/mol. The summed E-state index contributed by atoms with van der Waals surface area (Å²) < 4.78 is 2.66. The number of thiophene rings is 1. The SMILES string of the molecule is c1cc(-c2cccc(-c3ncnc4c5ccccc5c5ccccc5c34)c2)cc(-c2cccc3c2sc2ccccc23)c1. The summed E-state index contributed by atoms with van der Waals surface area (Å²) in [6.07, 6.45) is 1.71. The molecule has 0 bridgehead atoms. The molecule has 43 heavy (non-hydrogen) atoms. The summed E-state index contributed by atoms with van der Waals surface area (Å²) in [4.78, 5) is 9.68. The molecule has 0 aliphatic rings. The van der Waals surface area contributed by atoms with Crippen molar-refractivity contribution in [2.24, 2.45) is 0 Å². The Bertz CT molecular complexity index is 2480. The summed E-state index contributed by atoms with van der Waals surface area (Å²) in [5.41, 5.74) is 7.89. The molecule has 0 radical (unpaired) electrons. The number of hydrogen-bond acceptors (Lipinski definition) is 3. The maximum atomic E-state index is 4.88. The van der Waals surface area contributed by atoms with Crippen LogP contribution >= 0.6 is 11.3 Å². The number of benzene rings is 7. The highest BCUT2D eigenvalue weighted by Crippen LogP contribution is 2.42. The van der Waals surface area contributed by atoms with Crippen molar-refractivity contribution in [2.75, 3.05) is 0 Å². The van der Waals surface area contributed by atoms with Crippen LogP contribution in [0.25, 0.3) is 86.1 Å². The van der Waals surface area contributed by atoms with Gasteiger partial charge in [0.05, 0.1) is 11.2 Å². The van der Waals surface area contributed by atoms with Crippen molar-refractivity contribution < 1.29 is 0 Å². The molecule has 200 valence electrons. The molecule has 0 unspecified atom stereocenters. The fraction of sp³-hybridized carbons (Fsp3) is 0. The minimum Gasteiger partial charge on any atom is -0.236 e. The molecule has 0 atom stereocenters. The first-order chi connectivity index (χ1) is 21.3. The van der Waals surface area contributed by atoms with E-state index in [1.165, 1.54) is 58.6 Å². The van der Waals surface area contributed by atoms with E-state index in [1.54, 1.807) is 6.33 Å². The van der Waals surface area contributed by atoms with E-state index in [-0.39, 0.29) is 0 Å². The van der Waals surface area contributed by atoms with E-state index in [9.17, 15) is 0 Å². The smallest absolute Gasteiger partial charge is 0.116 e. The fourth-order valence-electron chi connectivity index (χ4n) is 6.61. The molecule has 3 heteroatoms. The van der Waals surface area contributed by atoms with E-state index >= 15 is 0 Å². The van der Waals surface area contributed by atoms with Gasteiger partial charge >= 0.3 is 0 Å². The molecule has 0 N–H and O–H groups in total. The van der Waals surface area contributed by atoms with Crippen molar-refractivity contribution in [3.8, 4) is 33.5 Å². The van der Waals surface area contributed by atoms with E-state index in [0.717, 1.165) is 27.5 Å². The number of hydrogen-bond donors (Lipinski definition) is 0. The van der Waals surface area contributed by atoms with Gasteiger partial charge < -0.3 is 0 Å². The Labute approximate surface area is 252 Å². The number of rotatable bonds is 3. The van der Waals surface area contributed by atoms with Gasteiger partial charge in [0.25, 0.3) is 0 Å². The molecule has 2 nitrogen and oxygen atoms in total. The first kappa shape index (κ1) is 24.2. The van der Waals surface area contributed by atoms with Gasteiger partial charge in [0.1, 0.15) is 6.33 Å². The van der Waals surface area contributed by atoms with E-state index in [4.69, 9.17) is 9.97 Å². The summed E-state index contributed by atoms with van der Waals surface area (Å²) in [7, 11) is 0. The summed E-state index contributed by atoms with van der Waals surface area (Å²) >= 11 is 1.87. The molecule has 2 heterocycles. The molecule has 0 aliphatic heterocycles. The van der Waals surface area contributed by atoms with Gasteiger partial charge in [-0.3, -0.25) is 0 Å².